The van der Waals surface area contributed by atoms with Crippen LogP contribution in [-0.2, 0) is 11.2 Å². The number of halogens is 1. The van der Waals surface area contributed by atoms with Crippen molar-refractivity contribution >= 4 is 28.9 Å². The molecule has 0 saturated heterocycles. The molecule has 0 aliphatic rings. The number of hydrogen-bond donors (Lipinski definition) is 1. The van der Waals surface area contributed by atoms with Gasteiger partial charge in [-0.05, 0) is 62.4 Å². The Morgan fingerprint density at radius 2 is 1.75 bits per heavy atom. The van der Waals surface area contributed by atoms with Crippen LogP contribution in [0.5, 0.6) is 0 Å². The standard InChI is InChI=1S/C22H24ClN3O2/c1-3-26(4-2)19-11-9-18(10-12-19)25-21(27)13-14-22-24-15-20(28-22)16-5-7-17(23)8-6-16/h5-12,15H,3-4,13-14H2,1-2H3,(H,25,27). The Labute approximate surface area is 170 Å². The minimum absolute atomic E-state index is 0.0677. The lowest BCUT2D eigenvalue weighted by Crippen LogP contribution is -2.21. The highest BCUT2D eigenvalue weighted by molar-refractivity contribution is 6.30. The van der Waals surface area contributed by atoms with Gasteiger partial charge in [0.1, 0.15) is 0 Å². The van der Waals surface area contributed by atoms with E-state index < -0.39 is 0 Å². The molecule has 146 valence electrons. The second-order valence-corrected chi connectivity index (χ2v) is 6.83. The minimum Gasteiger partial charge on any atom is -0.441 e. The van der Waals surface area contributed by atoms with Crippen molar-refractivity contribution in [2.24, 2.45) is 0 Å². The summed E-state index contributed by atoms with van der Waals surface area (Å²) in [5, 5.41) is 3.59. The van der Waals surface area contributed by atoms with Gasteiger partial charge in [0.25, 0.3) is 0 Å². The van der Waals surface area contributed by atoms with E-state index >= 15 is 0 Å². The fourth-order valence-corrected chi connectivity index (χ4v) is 3.09. The molecule has 0 bridgehead atoms. The lowest BCUT2D eigenvalue weighted by atomic mass is 10.2. The molecule has 1 aromatic heterocycles. The fourth-order valence-electron chi connectivity index (χ4n) is 2.96. The zero-order valence-electron chi connectivity index (χ0n) is 16.1. The highest BCUT2D eigenvalue weighted by atomic mass is 35.5. The minimum atomic E-state index is -0.0677. The maximum Gasteiger partial charge on any atom is 0.224 e. The number of carbonyl (C=O) groups excluding carboxylic acids is 1. The van der Waals surface area contributed by atoms with Crippen LogP contribution in [0.2, 0.25) is 5.02 Å². The Morgan fingerprint density at radius 1 is 1.07 bits per heavy atom. The Bertz CT molecular complexity index is 900. The van der Waals surface area contributed by atoms with E-state index in [0.717, 1.165) is 30.0 Å². The zero-order valence-corrected chi connectivity index (χ0v) is 16.9. The second-order valence-electron chi connectivity index (χ2n) is 6.39. The highest BCUT2D eigenvalue weighted by Gasteiger charge is 2.10. The Morgan fingerprint density at radius 3 is 2.39 bits per heavy atom. The summed E-state index contributed by atoms with van der Waals surface area (Å²) in [5.41, 5.74) is 2.84. The van der Waals surface area contributed by atoms with Gasteiger partial charge in [-0.2, -0.15) is 0 Å². The van der Waals surface area contributed by atoms with Gasteiger partial charge in [-0.15, -0.1) is 0 Å². The normalized spacial score (nSPS) is 10.7. The molecule has 5 nitrogen and oxygen atoms in total. The molecule has 1 N–H and O–H groups in total. The molecule has 28 heavy (non-hydrogen) atoms. The van der Waals surface area contributed by atoms with E-state index in [2.05, 4.69) is 29.0 Å². The van der Waals surface area contributed by atoms with Crippen molar-refractivity contribution in [3.63, 3.8) is 0 Å². The summed E-state index contributed by atoms with van der Waals surface area (Å²) < 4.78 is 5.74. The van der Waals surface area contributed by atoms with Gasteiger partial charge < -0.3 is 14.6 Å². The summed E-state index contributed by atoms with van der Waals surface area (Å²) in [6.45, 7) is 6.16. The molecule has 0 saturated carbocycles. The van der Waals surface area contributed by atoms with E-state index in [1.165, 1.54) is 0 Å². The van der Waals surface area contributed by atoms with Crippen molar-refractivity contribution < 1.29 is 9.21 Å². The van der Waals surface area contributed by atoms with Gasteiger partial charge in [-0.3, -0.25) is 4.79 Å². The van der Waals surface area contributed by atoms with Gasteiger partial charge in [-0.1, -0.05) is 11.6 Å². The predicted octanol–water partition coefficient (Wildman–Crippen LogP) is 5.41. The maximum absolute atomic E-state index is 12.2. The van der Waals surface area contributed by atoms with Crippen molar-refractivity contribution in [3.8, 4) is 11.3 Å². The van der Waals surface area contributed by atoms with Gasteiger partial charge in [0.15, 0.2) is 11.7 Å². The van der Waals surface area contributed by atoms with Gasteiger partial charge in [0, 0.05) is 47.9 Å². The van der Waals surface area contributed by atoms with Gasteiger partial charge in [0.05, 0.1) is 6.20 Å². The van der Waals surface area contributed by atoms with E-state index in [-0.39, 0.29) is 5.91 Å². The summed E-state index contributed by atoms with van der Waals surface area (Å²) in [6.07, 6.45) is 2.41. The molecule has 6 heteroatoms. The van der Waals surface area contributed by atoms with Crippen LogP contribution in [0.1, 0.15) is 26.2 Å². The van der Waals surface area contributed by atoms with Crippen molar-refractivity contribution in [1.82, 2.24) is 4.98 Å². The van der Waals surface area contributed by atoms with E-state index in [9.17, 15) is 4.79 Å². The number of nitrogens with zero attached hydrogens (tertiary/aromatic N) is 2. The molecule has 0 aliphatic heterocycles. The van der Waals surface area contributed by atoms with Crippen LogP contribution in [0.15, 0.2) is 59.1 Å². The first kappa shape index (κ1) is 20.0. The topological polar surface area (TPSA) is 58.4 Å². The van der Waals surface area contributed by atoms with Crippen LogP contribution in [0.3, 0.4) is 0 Å². The lowest BCUT2D eigenvalue weighted by Gasteiger charge is -2.21. The molecule has 0 fully saturated rings. The Kier molecular flexibility index (Phi) is 6.71. The number of carbonyl (C=O) groups is 1. The fraction of sp³-hybridized carbons (Fsp3) is 0.273. The molecule has 0 spiro atoms. The molecule has 0 unspecified atom stereocenters. The smallest absolute Gasteiger partial charge is 0.224 e. The van der Waals surface area contributed by atoms with Crippen LogP contribution in [-0.4, -0.2) is 24.0 Å². The molecule has 0 atom stereocenters. The van der Waals surface area contributed by atoms with Gasteiger partial charge in [-0.25, -0.2) is 4.98 Å². The number of amides is 1. The summed E-state index contributed by atoms with van der Waals surface area (Å²) in [7, 11) is 0. The number of aryl methyl sites for hydroxylation is 1. The number of rotatable bonds is 8. The molecule has 0 aliphatic carbocycles. The van der Waals surface area contributed by atoms with Crippen molar-refractivity contribution in [3.05, 3.63) is 65.6 Å². The third kappa shape index (κ3) is 5.14. The van der Waals surface area contributed by atoms with Crippen LogP contribution in [0.4, 0.5) is 11.4 Å². The average molecular weight is 398 g/mol. The monoisotopic (exact) mass is 397 g/mol. The Hall–Kier alpha value is -2.79. The van der Waals surface area contributed by atoms with Crippen molar-refractivity contribution in [2.45, 2.75) is 26.7 Å². The average Bonchev–Trinajstić information content (AvgIpc) is 3.18. The predicted molar refractivity (Wildman–Crippen MR) is 114 cm³/mol. The molecule has 1 heterocycles. The van der Waals surface area contributed by atoms with Crippen LogP contribution < -0.4 is 10.2 Å². The number of nitrogens with one attached hydrogen (secondary N) is 1. The summed E-state index contributed by atoms with van der Waals surface area (Å²) in [4.78, 5) is 18.7. The molecular weight excluding hydrogens is 374 g/mol. The number of benzene rings is 2. The molecule has 2 aromatic carbocycles. The maximum atomic E-state index is 12.2. The quantitative estimate of drug-likeness (QED) is 0.551. The number of hydrogen-bond acceptors (Lipinski definition) is 4. The third-order valence-electron chi connectivity index (χ3n) is 4.53. The number of anilines is 2. The largest absolute Gasteiger partial charge is 0.441 e. The second kappa shape index (κ2) is 9.42. The number of aromatic nitrogens is 1. The Balaban J connectivity index is 1.52. The SMILES string of the molecule is CCN(CC)c1ccc(NC(=O)CCc2ncc(-c3ccc(Cl)cc3)o2)cc1. The molecule has 3 rings (SSSR count). The molecular formula is C22H24ClN3O2. The first-order valence-corrected chi connectivity index (χ1v) is 9.82. The summed E-state index contributed by atoms with van der Waals surface area (Å²) in [5.74, 6) is 1.14. The van der Waals surface area contributed by atoms with Gasteiger partial charge in [0.2, 0.25) is 5.91 Å². The summed E-state index contributed by atoms with van der Waals surface area (Å²) in [6, 6.07) is 15.3. The first-order chi connectivity index (χ1) is 13.6. The third-order valence-corrected chi connectivity index (χ3v) is 4.78. The van der Waals surface area contributed by atoms with E-state index in [0.29, 0.717) is 29.5 Å². The van der Waals surface area contributed by atoms with E-state index in [4.69, 9.17) is 16.0 Å². The highest BCUT2D eigenvalue weighted by Crippen LogP contribution is 2.23. The molecule has 3 aromatic rings. The van der Waals surface area contributed by atoms with Gasteiger partial charge >= 0.3 is 0 Å². The van der Waals surface area contributed by atoms with Crippen LogP contribution >= 0.6 is 11.6 Å². The van der Waals surface area contributed by atoms with E-state index in [1.54, 1.807) is 18.3 Å². The first-order valence-electron chi connectivity index (χ1n) is 9.44. The van der Waals surface area contributed by atoms with E-state index in [1.807, 2.05) is 36.4 Å². The zero-order chi connectivity index (χ0) is 19.9. The van der Waals surface area contributed by atoms with Crippen LogP contribution in [0.25, 0.3) is 11.3 Å². The summed E-state index contributed by atoms with van der Waals surface area (Å²) >= 11 is 5.90. The molecule has 1 amide bonds. The lowest BCUT2D eigenvalue weighted by molar-refractivity contribution is -0.116. The van der Waals surface area contributed by atoms with Crippen molar-refractivity contribution in [2.75, 3.05) is 23.3 Å². The van der Waals surface area contributed by atoms with Crippen LogP contribution in [0, 0.1) is 0 Å². The van der Waals surface area contributed by atoms with Crippen molar-refractivity contribution in [1.29, 1.82) is 0 Å². The molecule has 0 radical (unpaired) electrons. The number of oxazole rings is 1.